The van der Waals surface area contributed by atoms with Gasteiger partial charge in [-0.3, -0.25) is 0 Å². The Bertz CT molecular complexity index is 955. The summed E-state index contributed by atoms with van der Waals surface area (Å²) in [4.78, 5) is 0. The van der Waals surface area contributed by atoms with E-state index in [0.29, 0.717) is 13.2 Å². The molecule has 0 saturated carbocycles. The van der Waals surface area contributed by atoms with E-state index in [0.717, 1.165) is 12.6 Å². The van der Waals surface area contributed by atoms with Crippen molar-refractivity contribution in [2.24, 2.45) is 0 Å². The molecule has 162 valence electrons. The fourth-order valence-electron chi connectivity index (χ4n) is 5.38. The SMILES string of the molecule is c1ccc(P(CCC2OCCO2)(c2ccccc2)(c2ccccc2)c2ccccc2)cc1. The summed E-state index contributed by atoms with van der Waals surface area (Å²) in [5.74, 6) is 0. The van der Waals surface area contributed by atoms with Gasteiger partial charge in [0.05, 0.1) is 0 Å². The molecule has 0 aromatic heterocycles. The van der Waals surface area contributed by atoms with Crippen molar-refractivity contribution in [1.82, 2.24) is 0 Å². The van der Waals surface area contributed by atoms with Gasteiger partial charge in [-0.2, -0.15) is 0 Å². The normalized spacial score (nSPS) is 15.8. The monoisotopic (exact) mass is 440 g/mol. The van der Waals surface area contributed by atoms with E-state index in [4.69, 9.17) is 9.47 Å². The molecule has 0 unspecified atom stereocenters. The zero-order chi connectivity index (χ0) is 21.7. The first-order chi connectivity index (χ1) is 15.8. The Labute approximate surface area is 190 Å². The minimum absolute atomic E-state index is 0.156. The second-order valence-electron chi connectivity index (χ2n) is 8.33. The van der Waals surface area contributed by atoms with Gasteiger partial charge in [-0.15, -0.1) is 0 Å². The first-order valence-corrected chi connectivity index (χ1v) is 13.7. The molecule has 0 amide bonds. The van der Waals surface area contributed by atoms with E-state index in [9.17, 15) is 0 Å². The van der Waals surface area contributed by atoms with Gasteiger partial charge in [-0.25, -0.2) is 0 Å². The average Bonchev–Trinajstić information content (AvgIpc) is 3.41. The minimum atomic E-state index is -3.11. The zero-order valence-electron chi connectivity index (χ0n) is 18.2. The summed E-state index contributed by atoms with van der Waals surface area (Å²) < 4.78 is 11.9. The van der Waals surface area contributed by atoms with E-state index in [-0.39, 0.29) is 6.29 Å². The standard InChI is InChI=1S/C29H29O2P/c1-5-13-25(14-6-1)32(26-15-7-2-8-16-26,27-17-9-3-10-18-27,28-19-11-4-12-20-28)24-21-29-30-22-23-31-29/h1-20,29H,21-24H2. The third kappa shape index (κ3) is 3.31. The van der Waals surface area contributed by atoms with Gasteiger partial charge in [0, 0.05) is 0 Å². The molecule has 3 heteroatoms. The number of hydrogen-bond acceptors (Lipinski definition) is 2. The summed E-state index contributed by atoms with van der Waals surface area (Å²) in [5.41, 5.74) is 0. The average molecular weight is 441 g/mol. The molecule has 5 rings (SSSR count). The molecule has 0 radical (unpaired) electrons. The van der Waals surface area contributed by atoms with Crippen LogP contribution >= 0.6 is 6.60 Å². The summed E-state index contributed by atoms with van der Waals surface area (Å²) >= 11 is 0. The summed E-state index contributed by atoms with van der Waals surface area (Å²) in [6.07, 6.45) is 1.63. The van der Waals surface area contributed by atoms with Crippen molar-refractivity contribution in [3.05, 3.63) is 121 Å². The van der Waals surface area contributed by atoms with Crippen LogP contribution in [0.25, 0.3) is 0 Å². The molecular weight excluding hydrogens is 411 g/mol. The molecule has 4 aromatic rings. The van der Waals surface area contributed by atoms with Crippen molar-refractivity contribution in [2.75, 3.05) is 19.4 Å². The van der Waals surface area contributed by atoms with Crippen LogP contribution in [-0.2, 0) is 9.47 Å². The van der Waals surface area contributed by atoms with E-state index in [1.54, 1.807) is 0 Å². The van der Waals surface area contributed by atoms with Crippen LogP contribution in [0.4, 0.5) is 0 Å². The topological polar surface area (TPSA) is 18.5 Å². The third-order valence-electron chi connectivity index (χ3n) is 6.81. The summed E-state index contributed by atoms with van der Waals surface area (Å²) in [6, 6.07) is 44.4. The van der Waals surface area contributed by atoms with Gasteiger partial charge in [0.1, 0.15) is 0 Å². The quantitative estimate of drug-likeness (QED) is 0.391. The Balaban J connectivity index is 1.91. The molecule has 2 nitrogen and oxygen atoms in total. The Morgan fingerprint density at radius 1 is 0.500 bits per heavy atom. The Morgan fingerprint density at radius 3 is 1.12 bits per heavy atom. The molecule has 1 fully saturated rings. The Kier molecular flexibility index (Phi) is 5.93. The van der Waals surface area contributed by atoms with Gasteiger partial charge in [0.15, 0.2) is 0 Å². The molecule has 0 aliphatic carbocycles. The van der Waals surface area contributed by atoms with E-state index >= 15 is 0 Å². The van der Waals surface area contributed by atoms with Gasteiger partial charge in [-0.1, -0.05) is 0 Å². The van der Waals surface area contributed by atoms with Crippen LogP contribution in [0.3, 0.4) is 0 Å². The van der Waals surface area contributed by atoms with E-state index in [1.165, 1.54) is 21.2 Å². The summed E-state index contributed by atoms with van der Waals surface area (Å²) in [6.45, 7) is -1.76. The van der Waals surface area contributed by atoms with Crippen molar-refractivity contribution in [3.63, 3.8) is 0 Å². The van der Waals surface area contributed by atoms with Crippen LogP contribution in [0.1, 0.15) is 6.42 Å². The summed E-state index contributed by atoms with van der Waals surface area (Å²) in [7, 11) is 0. The molecule has 1 saturated heterocycles. The van der Waals surface area contributed by atoms with Gasteiger partial charge in [-0.05, 0) is 0 Å². The van der Waals surface area contributed by atoms with Crippen LogP contribution in [-0.4, -0.2) is 25.7 Å². The van der Waals surface area contributed by atoms with Crippen molar-refractivity contribution in [2.45, 2.75) is 12.7 Å². The molecule has 0 N–H and O–H groups in total. The van der Waals surface area contributed by atoms with Crippen LogP contribution < -0.4 is 21.2 Å². The summed E-state index contributed by atoms with van der Waals surface area (Å²) in [5, 5.41) is 5.50. The van der Waals surface area contributed by atoms with Gasteiger partial charge in [0.2, 0.25) is 0 Å². The van der Waals surface area contributed by atoms with Crippen molar-refractivity contribution < 1.29 is 9.47 Å². The fourth-order valence-corrected chi connectivity index (χ4v) is 12.2. The number of hydrogen-bond donors (Lipinski definition) is 0. The molecule has 1 aliphatic heterocycles. The number of ether oxygens (including phenoxy) is 2. The van der Waals surface area contributed by atoms with Gasteiger partial charge >= 0.3 is 191 Å². The predicted molar refractivity (Wildman–Crippen MR) is 136 cm³/mol. The molecule has 0 atom stereocenters. The maximum atomic E-state index is 5.94. The first-order valence-electron chi connectivity index (χ1n) is 11.3. The van der Waals surface area contributed by atoms with Crippen molar-refractivity contribution >= 4 is 27.8 Å². The second kappa shape index (κ2) is 9.00. The molecule has 0 bridgehead atoms. The zero-order valence-corrected chi connectivity index (χ0v) is 19.1. The molecule has 1 heterocycles. The fraction of sp³-hybridized carbons (Fsp3) is 0.172. The maximum absolute atomic E-state index is 5.94. The molecule has 4 aromatic carbocycles. The van der Waals surface area contributed by atoms with E-state index in [1.807, 2.05) is 0 Å². The van der Waals surface area contributed by atoms with E-state index < -0.39 is 6.60 Å². The third-order valence-corrected chi connectivity index (χ3v) is 13.7. The first kappa shape index (κ1) is 21.1. The molecule has 1 aliphatic rings. The van der Waals surface area contributed by atoms with Gasteiger partial charge < -0.3 is 0 Å². The predicted octanol–water partition coefficient (Wildman–Crippen LogP) is 4.60. The van der Waals surface area contributed by atoms with Crippen LogP contribution in [0, 0.1) is 0 Å². The molecular formula is C29H29O2P. The Hall–Kier alpha value is -2.77. The van der Waals surface area contributed by atoms with Gasteiger partial charge in [0.25, 0.3) is 0 Å². The van der Waals surface area contributed by atoms with Crippen LogP contribution in [0.2, 0.25) is 0 Å². The van der Waals surface area contributed by atoms with Crippen molar-refractivity contribution in [3.8, 4) is 0 Å². The van der Waals surface area contributed by atoms with Crippen molar-refractivity contribution in [1.29, 1.82) is 0 Å². The van der Waals surface area contributed by atoms with Crippen LogP contribution in [0.15, 0.2) is 121 Å². The Morgan fingerprint density at radius 2 is 0.812 bits per heavy atom. The second-order valence-corrected chi connectivity index (χ2v) is 13.4. The van der Waals surface area contributed by atoms with Crippen LogP contribution in [0.5, 0.6) is 0 Å². The molecule has 32 heavy (non-hydrogen) atoms. The van der Waals surface area contributed by atoms with E-state index in [2.05, 4.69) is 121 Å². The number of benzene rings is 4. The molecule has 0 spiro atoms. The number of rotatable bonds is 7.